The Balaban J connectivity index is 0. The SMILES string of the molecule is CC.CCP(C)(=O)F. The van der Waals surface area contributed by atoms with Crippen molar-refractivity contribution in [3.8, 4) is 0 Å². The highest BCUT2D eigenvalue weighted by atomic mass is 31.2. The maximum atomic E-state index is 11.7. The Bertz CT molecular complexity index is 76.5. The molecule has 0 amide bonds. The Morgan fingerprint density at radius 1 is 1.50 bits per heavy atom. The fourth-order valence-corrected chi connectivity index (χ4v) is 0. The zero-order valence-electron chi connectivity index (χ0n) is 5.94. The third-order valence-corrected chi connectivity index (χ3v) is 1.69. The number of rotatable bonds is 1. The van der Waals surface area contributed by atoms with Crippen LogP contribution in [0.25, 0.3) is 0 Å². The van der Waals surface area contributed by atoms with Gasteiger partial charge in [0.2, 0.25) is 7.45 Å². The van der Waals surface area contributed by atoms with Gasteiger partial charge in [0.05, 0.1) is 0 Å². The molecule has 0 aliphatic carbocycles. The lowest BCUT2D eigenvalue weighted by Crippen LogP contribution is -1.68. The van der Waals surface area contributed by atoms with E-state index in [-0.39, 0.29) is 6.16 Å². The zero-order valence-corrected chi connectivity index (χ0v) is 6.83. The minimum atomic E-state index is -3.15. The quantitative estimate of drug-likeness (QED) is 0.512. The molecule has 0 bridgehead atoms. The van der Waals surface area contributed by atoms with E-state index in [4.69, 9.17) is 0 Å². The van der Waals surface area contributed by atoms with Gasteiger partial charge < -0.3 is 0 Å². The molecule has 0 spiro atoms. The van der Waals surface area contributed by atoms with Crippen LogP contribution in [0.5, 0.6) is 0 Å². The van der Waals surface area contributed by atoms with Crippen molar-refractivity contribution in [1.29, 1.82) is 0 Å². The highest BCUT2D eigenvalue weighted by molar-refractivity contribution is 7.57. The van der Waals surface area contributed by atoms with Crippen molar-refractivity contribution in [2.75, 3.05) is 12.8 Å². The van der Waals surface area contributed by atoms with Crippen molar-refractivity contribution in [3.05, 3.63) is 0 Å². The predicted molar refractivity (Wildman–Crippen MR) is 36.5 cm³/mol. The van der Waals surface area contributed by atoms with E-state index in [0.29, 0.717) is 0 Å². The molecule has 0 saturated carbocycles. The molecule has 0 aliphatic heterocycles. The molecule has 1 unspecified atom stereocenters. The van der Waals surface area contributed by atoms with Crippen LogP contribution in [-0.2, 0) is 4.57 Å². The topological polar surface area (TPSA) is 17.1 Å². The van der Waals surface area contributed by atoms with Crippen LogP contribution in [-0.4, -0.2) is 12.8 Å². The van der Waals surface area contributed by atoms with Crippen LogP contribution in [0, 0.1) is 0 Å². The summed E-state index contributed by atoms with van der Waals surface area (Å²) < 4.78 is 21.6. The standard InChI is InChI=1S/C3H8FOP.C2H6/c1-3-6(2,4)5;1-2/h3H2,1-2H3;1-2H3. The lowest BCUT2D eigenvalue weighted by Gasteiger charge is -1.90. The molecule has 3 heteroatoms. The van der Waals surface area contributed by atoms with E-state index in [0.717, 1.165) is 6.66 Å². The highest BCUT2D eigenvalue weighted by Gasteiger charge is 2.05. The Morgan fingerprint density at radius 2 is 1.62 bits per heavy atom. The summed E-state index contributed by atoms with van der Waals surface area (Å²) in [6.45, 7) is 6.70. The van der Waals surface area contributed by atoms with Crippen LogP contribution >= 0.6 is 7.45 Å². The van der Waals surface area contributed by atoms with E-state index >= 15 is 0 Å². The van der Waals surface area contributed by atoms with Crippen LogP contribution in [0.1, 0.15) is 20.8 Å². The Hall–Kier alpha value is 0.160. The third kappa shape index (κ3) is 16.4. The first-order valence-electron chi connectivity index (χ1n) is 2.82. The summed E-state index contributed by atoms with van der Waals surface area (Å²) in [5.74, 6) is 0. The fourth-order valence-electron chi connectivity index (χ4n) is 0. The van der Waals surface area contributed by atoms with Gasteiger partial charge in [-0.05, 0) is 0 Å². The number of halogens is 1. The second-order valence-corrected chi connectivity index (χ2v) is 3.91. The Morgan fingerprint density at radius 3 is 1.62 bits per heavy atom. The summed E-state index contributed by atoms with van der Waals surface area (Å²) in [5.41, 5.74) is 0. The molecule has 0 fully saturated rings. The number of hydrogen-bond donors (Lipinski definition) is 0. The Kier molecular flexibility index (Phi) is 7.30. The minimum Gasteiger partial charge on any atom is -0.288 e. The zero-order chi connectivity index (χ0) is 7.21. The van der Waals surface area contributed by atoms with Gasteiger partial charge in [-0.3, -0.25) is 4.57 Å². The van der Waals surface area contributed by atoms with Crippen LogP contribution in [0.4, 0.5) is 4.20 Å². The van der Waals surface area contributed by atoms with Crippen LogP contribution < -0.4 is 0 Å². The molecule has 52 valence electrons. The van der Waals surface area contributed by atoms with Gasteiger partial charge in [-0.1, -0.05) is 20.8 Å². The third-order valence-electron chi connectivity index (χ3n) is 0.565. The fraction of sp³-hybridized carbons (Fsp3) is 1.00. The molecule has 0 rings (SSSR count). The molecular weight excluding hydrogens is 126 g/mol. The van der Waals surface area contributed by atoms with E-state index in [1.54, 1.807) is 6.92 Å². The minimum absolute atomic E-state index is 0.160. The molecule has 0 radical (unpaired) electrons. The molecule has 0 aromatic heterocycles. The first-order valence-corrected chi connectivity index (χ1v) is 5.05. The van der Waals surface area contributed by atoms with Gasteiger partial charge in [0.25, 0.3) is 0 Å². The van der Waals surface area contributed by atoms with E-state index in [2.05, 4.69) is 0 Å². The summed E-state index contributed by atoms with van der Waals surface area (Å²) in [6.07, 6.45) is 0.160. The molecule has 0 saturated heterocycles. The molecule has 1 atom stereocenters. The van der Waals surface area contributed by atoms with Gasteiger partial charge in [-0.25, -0.2) is 0 Å². The van der Waals surface area contributed by atoms with Crippen molar-refractivity contribution >= 4 is 7.45 Å². The molecule has 0 aromatic carbocycles. The van der Waals surface area contributed by atoms with Crippen molar-refractivity contribution in [2.45, 2.75) is 20.8 Å². The van der Waals surface area contributed by atoms with E-state index < -0.39 is 7.45 Å². The summed E-state index contributed by atoms with van der Waals surface area (Å²) in [5, 5.41) is 0. The summed E-state index contributed by atoms with van der Waals surface area (Å²) in [6, 6.07) is 0. The number of hydrogen-bond acceptors (Lipinski definition) is 1. The molecular formula is C5H14FOP. The average molecular weight is 140 g/mol. The van der Waals surface area contributed by atoms with Crippen LogP contribution in [0.2, 0.25) is 0 Å². The molecule has 1 nitrogen and oxygen atoms in total. The van der Waals surface area contributed by atoms with Gasteiger partial charge >= 0.3 is 0 Å². The van der Waals surface area contributed by atoms with Crippen molar-refractivity contribution in [2.24, 2.45) is 0 Å². The largest absolute Gasteiger partial charge is 0.288 e. The molecule has 0 aliphatic rings. The summed E-state index contributed by atoms with van der Waals surface area (Å²) in [7, 11) is -3.15. The predicted octanol–water partition coefficient (Wildman–Crippen LogP) is 2.91. The van der Waals surface area contributed by atoms with E-state index in [9.17, 15) is 8.76 Å². The maximum absolute atomic E-state index is 11.7. The van der Waals surface area contributed by atoms with Crippen molar-refractivity contribution in [1.82, 2.24) is 0 Å². The van der Waals surface area contributed by atoms with E-state index in [1.807, 2.05) is 13.8 Å². The van der Waals surface area contributed by atoms with Gasteiger partial charge in [0.1, 0.15) is 0 Å². The van der Waals surface area contributed by atoms with Crippen molar-refractivity contribution in [3.63, 3.8) is 0 Å². The molecule has 0 heterocycles. The second-order valence-electron chi connectivity index (χ2n) is 1.30. The van der Waals surface area contributed by atoms with Gasteiger partial charge in [0, 0.05) is 12.8 Å². The summed E-state index contributed by atoms with van der Waals surface area (Å²) >= 11 is 0. The summed E-state index contributed by atoms with van der Waals surface area (Å²) in [4.78, 5) is 0. The van der Waals surface area contributed by atoms with Crippen LogP contribution in [0.3, 0.4) is 0 Å². The molecule has 0 N–H and O–H groups in total. The van der Waals surface area contributed by atoms with Crippen molar-refractivity contribution < 1.29 is 8.76 Å². The van der Waals surface area contributed by atoms with Gasteiger partial charge in [-0.15, -0.1) is 0 Å². The lowest BCUT2D eigenvalue weighted by atomic mass is 11.0. The first-order chi connectivity index (χ1) is 3.56. The normalized spacial score (nSPS) is 15.6. The highest BCUT2D eigenvalue weighted by Crippen LogP contribution is 2.41. The maximum Gasteiger partial charge on any atom is 0.241 e. The first kappa shape index (κ1) is 11.0. The molecule has 0 aromatic rings. The van der Waals surface area contributed by atoms with Crippen LogP contribution in [0.15, 0.2) is 0 Å². The van der Waals surface area contributed by atoms with Gasteiger partial charge in [-0.2, -0.15) is 4.20 Å². The molecule has 8 heavy (non-hydrogen) atoms. The van der Waals surface area contributed by atoms with Gasteiger partial charge in [0.15, 0.2) is 0 Å². The lowest BCUT2D eigenvalue weighted by molar-refractivity contribution is 0.547. The second kappa shape index (κ2) is 5.30. The monoisotopic (exact) mass is 140 g/mol. The smallest absolute Gasteiger partial charge is 0.241 e. The average Bonchev–Trinajstić information content (AvgIpc) is 1.71. The Labute approximate surface area is 50.8 Å². The van der Waals surface area contributed by atoms with E-state index in [1.165, 1.54) is 0 Å².